The third kappa shape index (κ3) is 5.84. The number of amides is 1. The van der Waals surface area contributed by atoms with Crippen molar-refractivity contribution >= 4 is 34.8 Å². The second-order valence-corrected chi connectivity index (χ2v) is 9.72. The highest BCUT2D eigenvalue weighted by Gasteiger charge is 2.21. The van der Waals surface area contributed by atoms with E-state index < -0.39 is 0 Å². The average Bonchev–Trinajstić information content (AvgIpc) is 3.33. The van der Waals surface area contributed by atoms with Gasteiger partial charge in [-0.1, -0.05) is 78.5 Å². The second-order valence-electron chi connectivity index (χ2n) is 8.80. The molecule has 0 atom stereocenters. The molecule has 1 aliphatic heterocycles. The number of aryl methyl sites for hydroxylation is 1. The van der Waals surface area contributed by atoms with Crippen LogP contribution in [-0.4, -0.2) is 53.4 Å². The highest BCUT2D eigenvalue weighted by atomic mass is 32.2. The van der Waals surface area contributed by atoms with Crippen molar-refractivity contribution in [1.82, 2.24) is 14.8 Å². The van der Waals surface area contributed by atoms with Gasteiger partial charge in [0.25, 0.3) is 11.1 Å². The van der Waals surface area contributed by atoms with Crippen LogP contribution < -0.4 is 0 Å². The Morgan fingerprint density at radius 3 is 2.60 bits per heavy atom. The first kappa shape index (κ1) is 23.4. The molecule has 4 aromatic rings. The van der Waals surface area contributed by atoms with Gasteiger partial charge in [-0.3, -0.25) is 9.69 Å². The Morgan fingerprint density at radius 1 is 1.00 bits per heavy atom. The van der Waals surface area contributed by atoms with Crippen molar-refractivity contribution in [3.63, 3.8) is 0 Å². The van der Waals surface area contributed by atoms with E-state index in [9.17, 15) is 4.79 Å². The number of carbonyl (C=O) groups excluding carboxylic acids is 1. The van der Waals surface area contributed by atoms with Crippen LogP contribution in [0.2, 0.25) is 0 Å². The van der Waals surface area contributed by atoms with Crippen molar-refractivity contribution in [2.45, 2.75) is 17.9 Å². The van der Waals surface area contributed by atoms with Gasteiger partial charge in [-0.2, -0.15) is 0 Å². The zero-order chi connectivity index (χ0) is 24.0. The van der Waals surface area contributed by atoms with E-state index in [1.807, 2.05) is 66.4 Å². The maximum atomic E-state index is 13.1. The van der Waals surface area contributed by atoms with E-state index in [0.717, 1.165) is 60.5 Å². The molecule has 0 radical (unpaired) electrons. The van der Waals surface area contributed by atoms with Gasteiger partial charge >= 0.3 is 0 Å². The lowest BCUT2D eigenvalue weighted by atomic mass is 10.1. The fourth-order valence-electron chi connectivity index (χ4n) is 4.28. The SMILES string of the molecule is Cc1cccc2oc(SCc3cccc(C(=O)N4CCN(CC=Cc5ccccc5)CC4)c3)nc12. The molecule has 1 saturated heterocycles. The minimum Gasteiger partial charge on any atom is -0.431 e. The predicted octanol–water partition coefficient (Wildman–Crippen LogP) is 5.90. The minimum atomic E-state index is 0.105. The molecule has 0 unspecified atom stereocenters. The van der Waals surface area contributed by atoms with Crippen LogP contribution in [0.25, 0.3) is 17.2 Å². The molecule has 1 fully saturated rings. The molecule has 1 amide bonds. The number of benzene rings is 3. The molecule has 35 heavy (non-hydrogen) atoms. The van der Waals surface area contributed by atoms with Crippen molar-refractivity contribution < 1.29 is 9.21 Å². The molecule has 0 N–H and O–H groups in total. The van der Waals surface area contributed by atoms with Gasteiger partial charge < -0.3 is 9.32 Å². The summed E-state index contributed by atoms with van der Waals surface area (Å²) in [5.74, 6) is 0.808. The van der Waals surface area contributed by atoms with Gasteiger partial charge in [-0.15, -0.1) is 0 Å². The van der Waals surface area contributed by atoms with Crippen LogP contribution in [0.15, 0.2) is 88.5 Å². The molecule has 0 saturated carbocycles. The summed E-state index contributed by atoms with van der Waals surface area (Å²) in [5.41, 5.74) is 5.88. The lowest BCUT2D eigenvalue weighted by Crippen LogP contribution is -2.48. The van der Waals surface area contributed by atoms with Crippen molar-refractivity contribution in [3.05, 3.63) is 101 Å². The van der Waals surface area contributed by atoms with Crippen LogP contribution in [-0.2, 0) is 5.75 Å². The molecular weight excluding hydrogens is 454 g/mol. The zero-order valence-corrected chi connectivity index (χ0v) is 20.7. The normalized spacial score (nSPS) is 14.7. The smallest absolute Gasteiger partial charge is 0.257 e. The lowest BCUT2D eigenvalue weighted by molar-refractivity contribution is 0.0650. The van der Waals surface area contributed by atoms with Crippen LogP contribution in [0, 0.1) is 6.92 Å². The zero-order valence-electron chi connectivity index (χ0n) is 19.9. The molecule has 2 heterocycles. The van der Waals surface area contributed by atoms with Crippen molar-refractivity contribution in [2.24, 2.45) is 0 Å². The summed E-state index contributed by atoms with van der Waals surface area (Å²) in [6.45, 7) is 6.21. The molecular formula is C29H29N3O2S. The quantitative estimate of drug-likeness (QED) is 0.306. The molecule has 0 aliphatic carbocycles. The number of hydrogen-bond acceptors (Lipinski definition) is 5. The first-order valence-corrected chi connectivity index (χ1v) is 13.0. The van der Waals surface area contributed by atoms with Gasteiger partial charge in [0.05, 0.1) is 0 Å². The molecule has 3 aromatic carbocycles. The molecule has 1 aromatic heterocycles. The van der Waals surface area contributed by atoms with E-state index in [1.165, 1.54) is 5.56 Å². The Bertz CT molecular complexity index is 1320. The van der Waals surface area contributed by atoms with Gasteiger partial charge in [-0.25, -0.2) is 4.98 Å². The Morgan fingerprint density at radius 2 is 1.80 bits per heavy atom. The van der Waals surface area contributed by atoms with Crippen LogP contribution >= 0.6 is 11.8 Å². The van der Waals surface area contributed by atoms with Gasteiger partial charge in [0.2, 0.25) is 0 Å². The standard InChI is InChI=1S/C29H29N3O2S/c1-22-8-5-14-26-27(22)30-29(34-26)35-21-24-11-6-13-25(20-24)28(33)32-18-16-31(17-19-32)15-7-12-23-9-3-2-4-10-23/h2-14,20H,15-19,21H2,1H3. The number of oxazole rings is 1. The third-order valence-corrected chi connectivity index (χ3v) is 7.17. The summed E-state index contributed by atoms with van der Waals surface area (Å²) in [7, 11) is 0. The summed E-state index contributed by atoms with van der Waals surface area (Å²) >= 11 is 1.55. The molecule has 5 rings (SSSR count). The van der Waals surface area contributed by atoms with Crippen LogP contribution in [0.4, 0.5) is 0 Å². The number of nitrogens with zero attached hydrogens (tertiary/aromatic N) is 3. The van der Waals surface area contributed by atoms with E-state index in [2.05, 4.69) is 40.2 Å². The van der Waals surface area contributed by atoms with Crippen LogP contribution in [0.3, 0.4) is 0 Å². The summed E-state index contributed by atoms with van der Waals surface area (Å²) < 4.78 is 5.87. The summed E-state index contributed by atoms with van der Waals surface area (Å²) in [6, 6.07) is 24.2. The number of fused-ring (bicyclic) bond motifs is 1. The van der Waals surface area contributed by atoms with Gasteiger partial charge in [0.1, 0.15) is 5.52 Å². The molecule has 178 valence electrons. The number of aromatic nitrogens is 1. The third-order valence-electron chi connectivity index (χ3n) is 6.27. The van der Waals surface area contributed by atoms with Gasteiger partial charge in [-0.05, 0) is 41.8 Å². The largest absolute Gasteiger partial charge is 0.431 e. The van der Waals surface area contributed by atoms with Crippen molar-refractivity contribution in [3.8, 4) is 0 Å². The topological polar surface area (TPSA) is 49.6 Å². The number of piperazine rings is 1. The Labute approximate surface area is 210 Å². The molecule has 5 nitrogen and oxygen atoms in total. The Hall–Kier alpha value is -3.35. The van der Waals surface area contributed by atoms with E-state index in [1.54, 1.807) is 11.8 Å². The molecule has 0 spiro atoms. The maximum Gasteiger partial charge on any atom is 0.257 e. The summed E-state index contributed by atoms with van der Waals surface area (Å²) in [4.78, 5) is 22.1. The van der Waals surface area contributed by atoms with E-state index in [-0.39, 0.29) is 5.91 Å². The number of hydrogen-bond donors (Lipinski definition) is 0. The predicted molar refractivity (Wildman–Crippen MR) is 143 cm³/mol. The lowest BCUT2D eigenvalue weighted by Gasteiger charge is -2.34. The molecule has 1 aliphatic rings. The minimum absolute atomic E-state index is 0.105. The van der Waals surface area contributed by atoms with Gasteiger partial charge in [0.15, 0.2) is 5.58 Å². The number of rotatable bonds is 7. The van der Waals surface area contributed by atoms with Crippen molar-refractivity contribution in [2.75, 3.05) is 32.7 Å². The Kier molecular flexibility index (Phi) is 7.31. The number of carbonyl (C=O) groups is 1. The summed E-state index contributed by atoms with van der Waals surface area (Å²) in [5, 5.41) is 0.656. The Balaban J connectivity index is 1.14. The van der Waals surface area contributed by atoms with Crippen molar-refractivity contribution in [1.29, 1.82) is 0 Å². The number of para-hydroxylation sites is 1. The fraction of sp³-hybridized carbons (Fsp3) is 0.241. The van der Waals surface area contributed by atoms with E-state index in [4.69, 9.17) is 4.42 Å². The molecule has 0 bridgehead atoms. The van der Waals surface area contributed by atoms with Gasteiger partial charge in [0, 0.05) is 44.0 Å². The van der Waals surface area contributed by atoms with E-state index in [0.29, 0.717) is 11.0 Å². The first-order chi connectivity index (χ1) is 17.2. The van der Waals surface area contributed by atoms with E-state index >= 15 is 0 Å². The number of thioether (sulfide) groups is 1. The fourth-order valence-corrected chi connectivity index (χ4v) is 5.06. The second kappa shape index (κ2) is 10.9. The average molecular weight is 484 g/mol. The summed E-state index contributed by atoms with van der Waals surface area (Å²) in [6.07, 6.45) is 4.36. The van der Waals surface area contributed by atoms with Crippen LogP contribution in [0.1, 0.15) is 27.0 Å². The van der Waals surface area contributed by atoms with Crippen LogP contribution in [0.5, 0.6) is 0 Å². The molecule has 6 heteroatoms. The monoisotopic (exact) mass is 483 g/mol. The first-order valence-electron chi connectivity index (χ1n) is 12.0. The highest BCUT2D eigenvalue weighted by molar-refractivity contribution is 7.98. The maximum absolute atomic E-state index is 13.1. The highest BCUT2D eigenvalue weighted by Crippen LogP contribution is 2.28.